The molecule has 0 unspecified atom stereocenters. The molecule has 24 heavy (non-hydrogen) atoms. The zero-order valence-corrected chi connectivity index (χ0v) is 14.2. The number of hydrogen-bond donors (Lipinski definition) is 0. The Bertz CT molecular complexity index is 966. The first-order valence-corrected chi connectivity index (χ1v) is 8.33. The lowest BCUT2D eigenvalue weighted by Gasteiger charge is -2.11. The van der Waals surface area contributed by atoms with Crippen LogP contribution in [0, 0.1) is 0 Å². The molecule has 1 aromatic heterocycles. The van der Waals surface area contributed by atoms with Gasteiger partial charge < -0.3 is 4.74 Å². The SMILES string of the molecule is COc1ccc(C=O)cc1CSc1nc2ccccc2c(=O)n1C. The monoisotopic (exact) mass is 340 g/mol. The molecule has 1 heterocycles. The summed E-state index contributed by atoms with van der Waals surface area (Å²) in [5, 5.41) is 1.22. The number of methoxy groups -OCH3 is 1. The Hall–Kier alpha value is -2.60. The highest BCUT2D eigenvalue weighted by Gasteiger charge is 2.11. The van der Waals surface area contributed by atoms with E-state index in [0.717, 1.165) is 11.8 Å². The molecule has 0 spiro atoms. The highest BCUT2D eigenvalue weighted by molar-refractivity contribution is 7.98. The number of benzene rings is 2. The molecule has 122 valence electrons. The van der Waals surface area contributed by atoms with Gasteiger partial charge in [-0.1, -0.05) is 23.9 Å². The summed E-state index contributed by atoms with van der Waals surface area (Å²) in [6.45, 7) is 0. The van der Waals surface area contributed by atoms with E-state index in [9.17, 15) is 9.59 Å². The largest absolute Gasteiger partial charge is 0.496 e. The Morgan fingerprint density at radius 1 is 1.25 bits per heavy atom. The third kappa shape index (κ3) is 3.05. The molecule has 5 nitrogen and oxygen atoms in total. The third-order valence-electron chi connectivity index (χ3n) is 3.74. The van der Waals surface area contributed by atoms with Crippen LogP contribution in [0.4, 0.5) is 0 Å². The Morgan fingerprint density at radius 3 is 2.79 bits per heavy atom. The lowest BCUT2D eigenvalue weighted by atomic mass is 10.1. The molecule has 0 bridgehead atoms. The molecule has 0 N–H and O–H groups in total. The fourth-order valence-electron chi connectivity index (χ4n) is 2.45. The minimum atomic E-state index is -0.0725. The van der Waals surface area contributed by atoms with E-state index in [1.807, 2.05) is 18.2 Å². The van der Waals surface area contributed by atoms with Crippen molar-refractivity contribution in [2.45, 2.75) is 10.9 Å². The molecular weight excluding hydrogens is 324 g/mol. The van der Waals surface area contributed by atoms with Crippen LogP contribution in [0.5, 0.6) is 5.75 Å². The van der Waals surface area contributed by atoms with Crippen LogP contribution in [-0.4, -0.2) is 22.9 Å². The van der Waals surface area contributed by atoms with Crippen LogP contribution < -0.4 is 10.3 Å². The van der Waals surface area contributed by atoms with Gasteiger partial charge in [0.25, 0.3) is 5.56 Å². The Kier molecular flexibility index (Phi) is 4.66. The van der Waals surface area contributed by atoms with E-state index in [1.165, 1.54) is 11.8 Å². The average molecular weight is 340 g/mol. The Morgan fingerprint density at radius 2 is 2.04 bits per heavy atom. The summed E-state index contributed by atoms with van der Waals surface area (Å²) in [5.74, 6) is 1.25. The smallest absolute Gasteiger partial charge is 0.261 e. The number of thioether (sulfide) groups is 1. The van der Waals surface area contributed by atoms with Crippen LogP contribution in [0.2, 0.25) is 0 Å². The maximum Gasteiger partial charge on any atom is 0.261 e. The van der Waals surface area contributed by atoms with Gasteiger partial charge in [0.1, 0.15) is 12.0 Å². The van der Waals surface area contributed by atoms with Crippen molar-refractivity contribution in [3.8, 4) is 5.75 Å². The highest BCUT2D eigenvalue weighted by atomic mass is 32.2. The normalized spacial score (nSPS) is 10.8. The molecule has 6 heteroatoms. The third-order valence-corrected chi connectivity index (χ3v) is 4.82. The average Bonchev–Trinajstić information content (AvgIpc) is 2.63. The van der Waals surface area contributed by atoms with Crippen molar-refractivity contribution in [2.75, 3.05) is 7.11 Å². The van der Waals surface area contributed by atoms with Crippen LogP contribution >= 0.6 is 11.8 Å². The van der Waals surface area contributed by atoms with Gasteiger partial charge >= 0.3 is 0 Å². The molecule has 2 aromatic carbocycles. The summed E-state index contributed by atoms with van der Waals surface area (Å²) in [4.78, 5) is 28.0. The molecule has 3 rings (SSSR count). The maximum atomic E-state index is 12.4. The summed E-state index contributed by atoms with van der Waals surface area (Å²) in [6, 6.07) is 12.6. The molecule has 0 saturated carbocycles. The topological polar surface area (TPSA) is 61.2 Å². The lowest BCUT2D eigenvalue weighted by molar-refractivity contribution is 0.112. The summed E-state index contributed by atoms with van der Waals surface area (Å²) in [7, 11) is 3.30. The number of carbonyl (C=O) groups excluding carboxylic acids is 1. The molecule has 0 amide bonds. The summed E-state index contributed by atoms with van der Waals surface area (Å²) in [6.07, 6.45) is 0.803. The highest BCUT2D eigenvalue weighted by Crippen LogP contribution is 2.27. The molecule has 0 atom stereocenters. The van der Waals surface area contributed by atoms with Crippen LogP contribution in [0.3, 0.4) is 0 Å². The zero-order valence-electron chi connectivity index (χ0n) is 13.4. The van der Waals surface area contributed by atoms with Crippen molar-refractivity contribution in [3.05, 3.63) is 63.9 Å². The first kappa shape index (κ1) is 16.3. The van der Waals surface area contributed by atoms with Crippen molar-refractivity contribution < 1.29 is 9.53 Å². The van der Waals surface area contributed by atoms with Crippen LogP contribution in [0.1, 0.15) is 15.9 Å². The molecule has 0 aliphatic rings. The predicted octanol–water partition coefficient (Wildman–Crippen LogP) is 3.05. The molecule has 0 radical (unpaired) electrons. The quantitative estimate of drug-likeness (QED) is 0.406. The fraction of sp³-hybridized carbons (Fsp3) is 0.167. The number of carbonyl (C=O) groups is 1. The van der Waals surface area contributed by atoms with Gasteiger partial charge in [0, 0.05) is 23.9 Å². The van der Waals surface area contributed by atoms with Crippen molar-refractivity contribution in [1.82, 2.24) is 9.55 Å². The second-order valence-electron chi connectivity index (χ2n) is 5.25. The van der Waals surface area contributed by atoms with Crippen molar-refractivity contribution >= 4 is 29.0 Å². The molecular formula is C18H16N2O3S. The van der Waals surface area contributed by atoms with Gasteiger partial charge in [-0.15, -0.1) is 0 Å². The number of rotatable bonds is 5. The van der Waals surface area contributed by atoms with E-state index < -0.39 is 0 Å². The Balaban J connectivity index is 1.95. The molecule has 0 fully saturated rings. The van der Waals surface area contributed by atoms with Gasteiger partial charge in [-0.3, -0.25) is 14.2 Å². The van der Waals surface area contributed by atoms with Crippen molar-refractivity contribution in [3.63, 3.8) is 0 Å². The van der Waals surface area contributed by atoms with Gasteiger partial charge in [-0.05, 0) is 30.3 Å². The van der Waals surface area contributed by atoms with Crippen LogP contribution in [-0.2, 0) is 12.8 Å². The number of aldehydes is 1. The second-order valence-corrected chi connectivity index (χ2v) is 6.20. The van der Waals surface area contributed by atoms with E-state index in [0.29, 0.717) is 33.1 Å². The van der Waals surface area contributed by atoms with Gasteiger partial charge in [-0.25, -0.2) is 4.98 Å². The number of para-hydroxylation sites is 1. The van der Waals surface area contributed by atoms with Crippen LogP contribution in [0.15, 0.2) is 52.4 Å². The standard InChI is InChI=1S/C18H16N2O3S/c1-20-17(22)14-5-3-4-6-15(14)19-18(20)24-11-13-9-12(10-21)7-8-16(13)23-2/h3-10H,11H2,1-2H3. The first-order chi connectivity index (χ1) is 11.6. The van der Waals surface area contributed by atoms with Crippen molar-refractivity contribution in [1.29, 1.82) is 0 Å². The lowest BCUT2D eigenvalue weighted by Crippen LogP contribution is -2.19. The minimum absolute atomic E-state index is 0.0725. The minimum Gasteiger partial charge on any atom is -0.496 e. The zero-order chi connectivity index (χ0) is 17.1. The van der Waals surface area contributed by atoms with Gasteiger partial charge in [-0.2, -0.15) is 0 Å². The second kappa shape index (κ2) is 6.88. The van der Waals surface area contributed by atoms with Gasteiger partial charge in [0.15, 0.2) is 5.16 Å². The molecule has 0 aliphatic carbocycles. The van der Waals surface area contributed by atoms with Crippen molar-refractivity contribution in [2.24, 2.45) is 7.05 Å². The summed E-state index contributed by atoms with van der Waals surface area (Å²) in [5.41, 5.74) is 2.08. The number of fused-ring (bicyclic) bond motifs is 1. The molecule has 3 aromatic rings. The summed E-state index contributed by atoms with van der Waals surface area (Å²) < 4.78 is 6.88. The Labute approximate surface area is 143 Å². The van der Waals surface area contributed by atoms with E-state index in [1.54, 1.807) is 43.0 Å². The molecule has 0 saturated heterocycles. The maximum absolute atomic E-state index is 12.4. The number of aromatic nitrogens is 2. The van der Waals surface area contributed by atoms with E-state index in [2.05, 4.69) is 4.98 Å². The van der Waals surface area contributed by atoms with E-state index in [4.69, 9.17) is 4.74 Å². The van der Waals surface area contributed by atoms with E-state index >= 15 is 0 Å². The van der Waals surface area contributed by atoms with Gasteiger partial charge in [0.05, 0.1) is 18.0 Å². The number of ether oxygens (including phenoxy) is 1. The van der Waals surface area contributed by atoms with Crippen LogP contribution in [0.25, 0.3) is 10.9 Å². The molecule has 0 aliphatic heterocycles. The first-order valence-electron chi connectivity index (χ1n) is 7.34. The van der Waals surface area contributed by atoms with E-state index in [-0.39, 0.29) is 5.56 Å². The number of hydrogen-bond acceptors (Lipinski definition) is 5. The van der Waals surface area contributed by atoms with Gasteiger partial charge in [0.2, 0.25) is 0 Å². The predicted molar refractivity (Wildman–Crippen MR) is 94.9 cm³/mol. The fourth-order valence-corrected chi connectivity index (χ4v) is 3.40. The number of nitrogens with zero attached hydrogens (tertiary/aromatic N) is 2. The summed E-state index contributed by atoms with van der Waals surface area (Å²) >= 11 is 1.43.